The highest BCUT2D eigenvalue weighted by molar-refractivity contribution is 5.80. The third-order valence-corrected chi connectivity index (χ3v) is 4.72. The Morgan fingerprint density at radius 1 is 1.12 bits per heavy atom. The number of unbranched alkanes of at least 4 members (excludes halogenated alkanes) is 3. The van der Waals surface area contributed by atoms with Crippen molar-refractivity contribution in [3.05, 3.63) is 0 Å². The molecule has 0 atom stereocenters. The molecule has 1 aromatic heterocycles. The van der Waals surface area contributed by atoms with Crippen molar-refractivity contribution < 1.29 is 4.74 Å². The van der Waals surface area contributed by atoms with Crippen molar-refractivity contribution in [3.63, 3.8) is 0 Å². The molecule has 0 amide bonds. The number of aromatic nitrogens is 2. The lowest BCUT2D eigenvalue weighted by molar-refractivity contribution is 0.178. The Labute approximate surface area is 144 Å². The fourth-order valence-corrected chi connectivity index (χ4v) is 3.07. The van der Waals surface area contributed by atoms with E-state index < -0.39 is 0 Å². The van der Waals surface area contributed by atoms with Gasteiger partial charge >= 0.3 is 6.01 Å². The SMILES string of the molecule is CCCCOc1nc(N)c2c(n1)N(CCCCCN1CCC1)CN2. The maximum absolute atomic E-state index is 6.04. The monoisotopic (exact) mass is 334 g/mol. The first-order chi connectivity index (χ1) is 11.8. The van der Waals surface area contributed by atoms with Crippen molar-refractivity contribution in [2.24, 2.45) is 0 Å². The van der Waals surface area contributed by atoms with Crippen molar-refractivity contribution in [1.29, 1.82) is 0 Å². The molecular formula is C17H30N6O. The molecule has 0 aliphatic carbocycles. The van der Waals surface area contributed by atoms with E-state index in [2.05, 4.69) is 32.0 Å². The fraction of sp³-hybridized carbons (Fsp3) is 0.765. The van der Waals surface area contributed by atoms with E-state index in [9.17, 15) is 0 Å². The maximum Gasteiger partial charge on any atom is 0.320 e. The van der Waals surface area contributed by atoms with Crippen molar-refractivity contribution in [1.82, 2.24) is 14.9 Å². The van der Waals surface area contributed by atoms with Crippen LogP contribution in [0.25, 0.3) is 0 Å². The number of nitrogen functional groups attached to an aromatic ring is 1. The second-order valence-corrected chi connectivity index (χ2v) is 6.65. The Bertz CT molecular complexity index is 534. The molecule has 2 aliphatic heterocycles. The Morgan fingerprint density at radius 2 is 1.96 bits per heavy atom. The van der Waals surface area contributed by atoms with E-state index in [1.807, 2.05) is 0 Å². The molecule has 0 radical (unpaired) electrons. The molecule has 2 aliphatic rings. The molecule has 0 aromatic carbocycles. The smallest absolute Gasteiger partial charge is 0.320 e. The number of nitrogens with one attached hydrogen (secondary N) is 1. The lowest BCUT2D eigenvalue weighted by Gasteiger charge is -2.30. The van der Waals surface area contributed by atoms with Gasteiger partial charge in [-0.2, -0.15) is 9.97 Å². The number of nitrogens with zero attached hydrogens (tertiary/aromatic N) is 4. The molecule has 7 nitrogen and oxygen atoms in total. The molecule has 24 heavy (non-hydrogen) atoms. The van der Waals surface area contributed by atoms with Gasteiger partial charge in [0.05, 0.1) is 13.3 Å². The largest absolute Gasteiger partial charge is 0.463 e. The summed E-state index contributed by atoms with van der Waals surface area (Å²) in [7, 11) is 0. The number of rotatable bonds is 10. The van der Waals surface area contributed by atoms with Crippen molar-refractivity contribution in [3.8, 4) is 6.01 Å². The minimum atomic E-state index is 0.395. The zero-order valence-corrected chi connectivity index (χ0v) is 14.8. The van der Waals surface area contributed by atoms with Crippen molar-refractivity contribution in [2.75, 3.05) is 55.4 Å². The fourth-order valence-electron chi connectivity index (χ4n) is 3.07. The van der Waals surface area contributed by atoms with Gasteiger partial charge in [0.1, 0.15) is 5.69 Å². The molecule has 134 valence electrons. The number of anilines is 3. The summed E-state index contributed by atoms with van der Waals surface area (Å²) in [5.41, 5.74) is 6.89. The van der Waals surface area contributed by atoms with Crippen LogP contribution in [0.5, 0.6) is 6.01 Å². The normalized spacial score (nSPS) is 16.6. The van der Waals surface area contributed by atoms with Crippen LogP contribution < -0.4 is 20.7 Å². The zero-order valence-electron chi connectivity index (χ0n) is 14.8. The zero-order chi connectivity index (χ0) is 16.8. The maximum atomic E-state index is 6.04. The topological polar surface area (TPSA) is 79.5 Å². The average molecular weight is 334 g/mol. The molecular weight excluding hydrogens is 304 g/mol. The molecule has 0 saturated carbocycles. The molecule has 7 heteroatoms. The third-order valence-electron chi connectivity index (χ3n) is 4.72. The van der Waals surface area contributed by atoms with Crippen LogP contribution in [0.3, 0.4) is 0 Å². The number of likely N-dealkylation sites (tertiary alicyclic amines) is 1. The molecule has 3 rings (SSSR count). The van der Waals surface area contributed by atoms with E-state index in [-0.39, 0.29) is 0 Å². The second kappa shape index (κ2) is 8.37. The Kier molecular flexibility index (Phi) is 5.96. The number of fused-ring (bicyclic) bond motifs is 1. The molecule has 0 bridgehead atoms. The highest BCUT2D eigenvalue weighted by Gasteiger charge is 2.24. The average Bonchev–Trinajstić information content (AvgIpc) is 2.93. The van der Waals surface area contributed by atoms with E-state index in [0.29, 0.717) is 18.4 Å². The molecule has 3 heterocycles. The summed E-state index contributed by atoms with van der Waals surface area (Å²) in [5.74, 6) is 1.36. The lowest BCUT2D eigenvalue weighted by Crippen LogP contribution is -2.37. The van der Waals surface area contributed by atoms with E-state index in [1.165, 1.54) is 45.3 Å². The highest BCUT2D eigenvalue weighted by atomic mass is 16.5. The summed E-state index contributed by atoms with van der Waals surface area (Å²) in [6, 6.07) is 0.395. The molecule has 1 aromatic rings. The summed E-state index contributed by atoms with van der Waals surface area (Å²) < 4.78 is 5.63. The van der Waals surface area contributed by atoms with Crippen molar-refractivity contribution >= 4 is 17.3 Å². The predicted molar refractivity (Wildman–Crippen MR) is 97.6 cm³/mol. The van der Waals surface area contributed by atoms with E-state index in [4.69, 9.17) is 10.5 Å². The van der Waals surface area contributed by atoms with Crippen LogP contribution in [-0.2, 0) is 0 Å². The Balaban J connectivity index is 1.48. The van der Waals surface area contributed by atoms with Crippen LogP contribution in [0.15, 0.2) is 0 Å². The first kappa shape index (κ1) is 17.1. The summed E-state index contributed by atoms with van der Waals surface area (Å²) in [6.07, 6.45) is 7.17. The van der Waals surface area contributed by atoms with Crippen molar-refractivity contribution in [2.45, 2.75) is 45.4 Å². The van der Waals surface area contributed by atoms with Crippen LogP contribution in [-0.4, -0.2) is 54.3 Å². The molecule has 1 fully saturated rings. The van der Waals surface area contributed by atoms with Gasteiger partial charge < -0.3 is 25.6 Å². The molecule has 0 unspecified atom stereocenters. The lowest BCUT2D eigenvalue weighted by atomic mass is 10.1. The summed E-state index contributed by atoms with van der Waals surface area (Å²) in [5, 5.41) is 3.30. The van der Waals surface area contributed by atoms with Gasteiger partial charge in [-0.3, -0.25) is 0 Å². The number of hydrogen-bond acceptors (Lipinski definition) is 7. The summed E-state index contributed by atoms with van der Waals surface area (Å²) in [6.45, 7) is 8.34. The molecule has 1 saturated heterocycles. The third kappa shape index (κ3) is 4.20. The Hall–Kier alpha value is -1.76. The summed E-state index contributed by atoms with van der Waals surface area (Å²) >= 11 is 0. The van der Waals surface area contributed by atoms with Crippen LogP contribution in [0.1, 0.15) is 45.4 Å². The standard InChI is InChI=1S/C17H30N6O/c1-2-3-12-24-17-20-15(18)14-16(21-17)23(13-19-14)11-6-4-5-8-22-9-7-10-22/h19H,2-13H2,1H3,(H2,18,20,21). The van der Waals surface area contributed by atoms with Gasteiger partial charge in [-0.25, -0.2) is 0 Å². The minimum absolute atomic E-state index is 0.395. The van der Waals surface area contributed by atoms with E-state index >= 15 is 0 Å². The van der Waals surface area contributed by atoms with E-state index in [0.717, 1.165) is 37.6 Å². The van der Waals surface area contributed by atoms with Gasteiger partial charge in [0.2, 0.25) is 0 Å². The van der Waals surface area contributed by atoms with Gasteiger partial charge in [0.15, 0.2) is 11.6 Å². The minimum Gasteiger partial charge on any atom is -0.463 e. The van der Waals surface area contributed by atoms with Gasteiger partial charge in [0, 0.05) is 6.54 Å². The van der Waals surface area contributed by atoms with Gasteiger partial charge in [0.25, 0.3) is 0 Å². The number of hydrogen-bond donors (Lipinski definition) is 2. The van der Waals surface area contributed by atoms with Gasteiger partial charge in [-0.1, -0.05) is 19.8 Å². The predicted octanol–water partition coefficient (Wildman–Crippen LogP) is 2.30. The highest BCUT2D eigenvalue weighted by Crippen LogP contribution is 2.35. The van der Waals surface area contributed by atoms with Crippen LogP contribution in [0.4, 0.5) is 17.3 Å². The van der Waals surface area contributed by atoms with E-state index in [1.54, 1.807) is 0 Å². The molecule has 0 spiro atoms. The first-order valence-electron chi connectivity index (χ1n) is 9.29. The Morgan fingerprint density at radius 3 is 2.71 bits per heavy atom. The number of ether oxygens (including phenoxy) is 1. The second-order valence-electron chi connectivity index (χ2n) is 6.65. The quantitative estimate of drug-likeness (QED) is 0.636. The summed E-state index contributed by atoms with van der Waals surface area (Å²) in [4.78, 5) is 13.6. The molecule has 3 N–H and O–H groups in total. The van der Waals surface area contributed by atoms with Gasteiger partial charge in [-0.05, 0) is 45.3 Å². The van der Waals surface area contributed by atoms with Crippen LogP contribution in [0, 0.1) is 0 Å². The van der Waals surface area contributed by atoms with Crippen LogP contribution >= 0.6 is 0 Å². The van der Waals surface area contributed by atoms with Crippen LogP contribution in [0.2, 0.25) is 0 Å². The first-order valence-corrected chi connectivity index (χ1v) is 9.29. The van der Waals surface area contributed by atoms with Gasteiger partial charge in [-0.15, -0.1) is 0 Å². The number of nitrogens with two attached hydrogens (primary N) is 1.